The summed E-state index contributed by atoms with van der Waals surface area (Å²) >= 11 is 0. The largest absolute Gasteiger partial charge is 0.333 e. The first-order valence-corrected chi connectivity index (χ1v) is 4.84. The van der Waals surface area contributed by atoms with E-state index in [0.29, 0.717) is 12.1 Å². The van der Waals surface area contributed by atoms with Crippen LogP contribution in [0, 0.1) is 11.6 Å². The molecule has 5 heteroatoms. The Kier molecular flexibility index (Phi) is 2.96. The number of hydrogen-bond acceptors (Lipinski definition) is 2. The second-order valence-corrected chi connectivity index (χ2v) is 3.45. The maximum Gasteiger partial charge on any atom is 0.163 e. The minimum atomic E-state index is -0.836. The molecule has 0 amide bonds. The van der Waals surface area contributed by atoms with Crippen molar-refractivity contribution in [3.63, 3.8) is 0 Å². The van der Waals surface area contributed by atoms with E-state index in [1.807, 2.05) is 0 Å². The van der Waals surface area contributed by atoms with Crippen molar-refractivity contribution < 1.29 is 8.78 Å². The second kappa shape index (κ2) is 4.40. The normalized spacial score (nSPS) is 10.7. The first kappa shape index (κ1) is 10.8. The fourth-order valence-corrected chi connectivity index (χ4v) is 1.47. The van der Waals surface area contributed by atoms with Gasteiger partial charge in [0.1, 0.15) is 0 Å². The number of aromatic nitrogens is 2. The first-order chi connectivity index (χ1) is 7.70. The summed E-state index contributed by atoms with van der Waals surface area (Å²) in [6.45, 7) is 0.579. The van der Waals surface area contributed by atoms with E-state index in [2.05, 4.69) is 4.98 Å². The lowest BCUT2D eigenvalue weighted by Crippen LogP contribution is -2.01. The minimum Gasteiger partial charge on any atom is -0.333 e. The number of hydrogen-bond donors (Lipinski definition) is 1. The standard InChI is InChI=1S/C11H11F2N3/c12-10-3-1-2-8(11(10)13)5-16-6-9(4-14)15-7-16/h1-3,6-7H,4-5,14H2. The highest BCUT2D eigenvalue weighted by atomic mass is 19.2. The van der Waals surface area contributed by atoms with Crippen LogP contribution in [0.4, 0.5) is 8.78 Å². The van der Waals surface area contributed by atoms with Gasteiger partial charge in [-0.15, -0.1) is 0 Å². The van der Waals surface area contributed by atoms with Gasteiger partial charge in [-0.1, -0.05) is 12.1 Å². The van der Waals surface area contributed by atoms with Gasteiger partial charge in [-0.25, -0.2) is 13.8 Å². The Labute approximate surface area is 91.5 Å². The summed E-state index contributed by atoms with van der Waals surface area (Å²) in [6.07, 6.45) is 3.26. The molecule has 0 aliphatic rings. The van der Waals surface area contributed by atoms with Crippen LogP contribution in [0.1, 0.15) is 11.3 Å². The number of nitrogens with zero attached hydrogens (tertiary/aromatic N) is 2. The summed E-state index contributed by atoms with van der Waals surface area (Å²) in [5, 5.41) is 0. The average Bonchev–Trinajstić information content (AvgIpc) is 2.73. The van der Waals surface area contributed by atoms with Crippen LogP contribution in [0.5, 0.6) is 0 Å². The molecule has 2 aromatic rings. The summed E-state index contributed by atoms with van der Waals surface area (Å²) in [5.74, 6) is -1.65. The summed E-state index contributed by atoms with van der Waals surface area (Å²) in [5.41, 5.74) is 6.41. The molecule has 0 aliphatic heterocycles. The van der Waals surface area contributed by atoms with Gasteiger partial charge < -0.3 is 10.3 Å². The summed E-state index contributed by atoms with van der Waals surface area (Å²) in [4.78, 5) is 4.00. The molecular formula is C11H11F2N3. The highest BCUT2D eigenvalue weighted by Gasteiger charge is 2.08. The molecule has 2 N–H and O–H groups in total. The molecule has 0 bridgehead atoms. The van der Waals surface area contributed by atoms with Crippen LogP contribution < -0.4 is 5.73 Å². The zero-order chi connectivity index (χ0) is 11.5. The van der Waals surface area contributed by atoms with Crippen molar-refractivity contribution in [3.8, 4) is 0 Å². The lowest BCUT2D eigenvalue weighted by molar-refractivity contribution is 0.495. The van der Waals surface area contributed by atoms with E-state index in [-0.39, 0.29) is 6.54 Å². The minimum absolute atomic E-state index is 0.247. The number of nitrogens with two attached hydrogens (primary N) is 1. The molecule has 0 fully saturated rings. The van der Waals surface area contributed by atoms with Crippen molar-refractivity contribution in [1.29, 1.82) is 0 Å². The van der Waals surface area contributed by atoms with Gasteiger partial charge in [-0.05, 0) is 6.07 Å². The Bertz CT molecular complexity index is 494. The number of halogens is 2. The van der Waals surface area contributed by atoms with Gasteiger partial charge in [-0.3, -0.25) is 0 Å². The molecule has 0 aliphatic carbocycles. The summed E-state index contributed by atoms with van der Waals surface area (Å²) < 4.78 is 27.9. The second-order valence-electron chi connectivity index (χ2n) is 3.45. The SMILES string of the molecule is NCc1cn(Cc2cccc(F)c2F)cn1. The van der Waals surface area contributed by atoms with Crippen molar-refractivity contribution in [2.45, 2.75) is 13.1 Å². The third kappa shape index (κ3) is 2.09. The fraction of sp³-hybridized carbons (Fsp3) is 0.182. The van der Waals surface area contributed by atoms with Crippen molar-refractivity contribution in [1.82, 2.24) is 9.55 Å². The highest BCUT2D eigenvalue weighted by molar-refractivity contribution is 5.19. The Balaban J connectivity index is 2.23. The van der Waals surface area contributed by atoms with Crippen LogP contribution >= 0.6 is 0 Å². The van der Waals surface area contributed by atoms with E-state index in [1.54, 1.807) is 23.2 Å². The summed E-state index contributed by atoms with van der Waals surface area (Å²) in [6, 6.07) is 4.12. The number of imidazole rings is 1. The van der Waals surface area contributed by atoms with Crippen molar-refractivity contribution >= 4 is 0 Å². The highest BCUT2D eigenvalue weighted by Crippen LogP contribution is 2.12. The van der Waals surface area contributed by atoms with Crippen LogP contribution in [0.3, 0.4) is 0 Å². The fourth-order valence-electron chi connectivity index (χ4n) is 1.47. The number of benzene rings is 1. The molecule has 1 aromatic carbocycles. The third-order valence-electron chi connectivity index (χ3n) is 2.28. The van der Waals surface area contributed by atoms with Gasteiger partial charge >= 0.3 is 0 Å². The Morgan fingerprint density at radius 1 is 1.31 bits per heavy atom. The van der Waals surface area contributed by atoms with E-state index in [4.69, 9.17) is 5.73 Å². The molecule has 0 spiro atoms. The Hall–Kier alpha value is -1.75. The zero-order valence-corrected chi connectivity index (χ0v) is 8.53. The Morgan fingerprint density at radius 2 is 2.12 bits per heavy atom. The topological polar surface area (TPSA) is 43.8 Å². The molecule has 3 nitrogen and oxygen atoms in total. The maximum absolute atomic E-state index is 13.3. The summed E-state index contributed by atoms with van der Waals surface area (Å²) in [7, 11) is 0. The van der Waals surface area contributed by atoms with Gasteiger partial charge in [0.2, 0.25) is 0 Å². The molecule has 0 atom stereocenters. The first-order valence-electron chi connectivity index (χ1n) is 4.84. The van der Waals surface area contributed by atoms with Crippen LogP contribution in [-0.4, -0.2) is 9.55 Å². The van der Waals surface area contributed by atoms with Crippen LogP contribution in [0.25, 0.3) is 0 Å². The predicted molar refractivity (Wildman–Crippen MR) is 55.6 cm³/mol. The van der Waals surface area contributed by atoms with Crippen LogP contribution in [0.15, 0.2) is 30.7 Å². The van der Waals surface area contributed by atoms with Gasteiger partial charge in [0.05, 0.1) is 18.6 Å². The quantitative estimate of drug-likeness (QED) is 0.860. The lowest BCUT2D eigenvalue weighted by Gasteiger charge is -2.04. The molecule has 0 saturated heterocycles. The van der Waals surface area contributed by atoms with Gasteiger partial charge in [0.15, 0.2) is 11.6 Å². The van der Waals surface area contributed by atoms with Gasteiger partial charge in [0.25, 0.3) is 0 Å². The smallest absolute Gasteiger partial charge is 0.163 e. The molecule has 0 unspecified atom stereocenters. The number of rotatable bonds is 3. The predicted octanol–water partition coefficient (Wildman–Crippen LogP) is 1.67. The molecule has 0 radical (unpaired) electrons. The molecular weight excluding hydrogens is 212 g/mol. The molecule has 84 valence electrons. The van der Waals surface area contributed by atoms with Crippen LogP contribution in [0.2, 0.25) is 0 Å². The van der Waals surface area contributed by atoms with Crippen molar-refractivity contribution in [3.05, 3.63) is 53.6 Å². The third-order valence-corrected chi connectivity index (χ3v) is 2.28. The van der Waals surface area contributed by atoms with E-state index < -0.39 is 11.6 Å². The van der Waals surface area contributed by atoms with E-state index >= 15 is 0 Å². The zero-order valence-electron chi connectivity index (χ0n) is 8.53. The molecule has 0 saturated carbocycles. The molecule has 2 rings (SSSR count). The molecule has 16 heavy (non-hydrogen) atoms. The van der Waals surface area contributed by atoms with Crippen molar-refractivity contribution in [2.75, 3.05) is 0 Å². The Morgan fingerprint density at radius 3 is 2.81 bits per heavy atom. The monoisotopic (exact) mass is 223 g/mol. The van der Waals surface area contributed by atoms with Gasteiger partial charge in [-0.2, -0.15) is 0 Å². The van der Waals surface area contributed by atoms with Crippen LogP contribution in [-0.2, 0) is 13.1 Å². The molecule has 1 aromatic heterocycles. The van der Waals surface area contributed by atoms with E-state index in [9.17, 15) is 8.78 Å². The molecule has 1 heterocycles. The maximum atomic E-state index is 13.3. The average molecular weight is 223 g/mol. The van der Waals surface area contributed by atoms with Crippen molar-refractivity contribution in [2.24, 2.45) is 5.73 Å². The van der Waals surface area contributed by atoms with Gasteiger partial charge in [0, 0.05) is 18.3 Å². The van der Waals surface area contributed by atoms with E-state index in [0.717, 1.165) is 11.8 Å². The lowest BCUT2D eigenvalue weighted by atomic mass is 10.2. The van der Waals surface area contributed by atoms with E-state index in [1.165, 1.54) is 6.07 Å².